The topological polar surface area (TPSA) is 0 Å². The van der Waals surface area contributed by atoms with Crippen LogP contribution in [0.2, 0.25) is 10.0 Å². The fourth-order valence-corrected chi connectivity index (χ4v) is 7.85. The molecule has 0 nitrogen and oxygen atoms in total. The maximum atomic E-state index is 5.86. The van der Waals surface area contributed by atoms with Gasteiger partial charge in [0.05, 0.1) is 0 Å². The van der Waals surface area contributed by atoms with Crippen molar-refractivity contribution in [3.05, 3.63) is 202 Å². The normalized spacial score (nSPS) is 11.4. The largest absolute Gasteiger partial charge is 0.214 e. The molecule has 0 N–H and O–H groups in total. The van der Waals surface area contributed by atoms with Crippen molar-refractivity contribution in [1.82, 2.24) is 0 Å². The Kier molecular flexibility index (Phi) is 12.5. The van der Waals surface area contributed by atoms with Crippen molar-refractivity contribution in [2.45, 2.75) is 52.4 Å². The number of fused-ring (bicyclic) bond motifs is 3. The second kappa shape index (κ2) is 17.1. The van der Waals surface area contributed by atoms with Crippen molar-refractivity contribution >= 4 is 48.0 Å². The van der Waals surface area contributed by atoms with E-state index in [9.17, 15) is 0 Å². The molecule has 0 bridgehead atoms. The molecule has 8 rings (SSSR count). The standard InChI is InChI=1S/C33H33.C13H8Cl2.C5H5.Zr/c1-32(2,3)30-20-26-24(18-28(30)22-13-9-7-10-14-22)17-25-19-29(23-15-11-8-12-16-23)31(21-27(25)26)33(4,5)6;14-12-5-1-10(2-6-12)9-11-3-7-13(15)8-4-11;1-2-4-5-3-1;/h7-21H,1-6H3;1-8H;1-5H;/q-1;;-1;+2. The van der Waals surface area contributed by atoms with E-state index in [0.717, 1.165) is 10.0 Å². The third kappa shape index (κ3) is 9.56. The Labute approximate surface area is 346 Å². The molecule has 8 aromatic carbocycles. The monoisotopic (exact) mass is 818 g/mol. The van der Waals surface area contributed by atoms with E-state index in [1.807, 2.05) is 78.9 Å². The summed E-state index contributed by atoms with van der Waals surface area (Å²) in [4.78, 5) is 0. The Hall–Kier alpha value is -4.13. The van der Waals surface area contributed by atoms with Gasteiger partial charge in [-0.25, -0.2) is 12.1 Å². The van der Waals surface area contributed by atoms with Crippen molar-refractivity contribution < 1.29 is 24.2 Å². The van der Waals surface area contributed by atoms with E-state index < -0.39 is 0 Å². The summed E-state index contributed by atoms with van der Waals surface area (Å²) in [7, 11) is 0. The van der Waals surface area contributed by atoms with Gasteiger partial charge in [0.25, 0.3) is 0 Å². The summed E-state index contributed by atoms with van der Waals surface area (Å²) in [6, 6.07) is 59.5. The Morgan fingerprint density at radius 3 is 1.17 bits per heavy atom. The number of benzene rings is 6. The molecule has 0 aliphatic rings. The van der Waals surface area contributed by atoms with Crippen molar-refractivity contribution in [3.8, 4) is 22.3 Å². The Balaban J connectivity index is 0.000000195. The van der Waals surface area contributed by atoms with Crippen LogP contribution >= 0.6 is 23.2 Å². The third-order valence-corrected chi connectivity index (χ3v) is 11.5. The first kappa shape index (κ1) is 39.6. The second-order valence-corrected chi connectivity index (χ2v) is 17.8. The molecule has 0 saturated heterocycles. The van der Waals surface area contributed by atoms with Gasteiger partial charge in [0, 0.05) is 0 Å². The number of hydrogen-bond acceptors (Lipinski definition) is 0. The number of hydrogen-bond donors (Lipinski definition) is 0. The summed E-state index contributed by atoms with van der Waals surface area (Å²) < 4.78 is 1.31. The molecule has 0 unspecified atom stereocenters. The first-order chi connectivity index (χ1) is 25.8. The van der Waals surface area contributed by atoms with E-state index in [1.165, 1.54) is 93.5 Å². The predicted molar refractivity (Wildman–Crippen MR) is 233 cm³/mol. The van der Waals surface area contributed by atoms with Crippen molar-refractivity contribution in [1.29, 1.82) is 0 Å². The van der Waals surface area contributed by atoms with Gasteiger partial charge in [-0.1, -0.05) is 114 Å². The Bertz CT molecular complexity index is 2260. The minimum Gasteiger partial charge on any atom is -0.214 e. The zero-order valence-corrected chi connectivity index (χ0v) is 35.9. The van der Waals surface area contributed by atoms with Crippen LogP contribution in [0.1, 0.15) is 63.8 Å². The third-order valence-electron chi connectivity index (χ3n) is 9.59. The first-order valence-corrected chi connectivity index (χ1v) is 20.4. The van der Waals surface area contributed by atoms with Crippen LogP contribution in [0.25, 0.3) is 43.8 Å². The molecule has 0 aliphatic heterocycles. The quantitative estimate of drug-likeness (QED) is 0.155. The molecule has 0 aliphatic carbocycles. The zero-order valence-electron chi connectivity index (χ0n) is 31.9. The van der Waals surface area contributed by atoms with E-state index >= 15 is 0 Å². The maximum Gasteiger partial charge on any atom is -0.172 e. The summed E-state index contributed by atoms with van der Waals surface area (Å²) in [6.07, 6.45) is 0. The van der Waals surface area contributed by atoms with Crippen LogP contribution in [0.3, 0.4) is 0 Å². The van der Waals surface area contributed by atoms with Gasteiger partial charge in [0.1, 0.15) is 0 Å². The average molecular weight is 821 g/mol. The molecule has 0 aromatic heterocycles. The van der Waals surface area contributed by atoms with Crippen LogP contribution in [0, 0.1) is 0 Å². The minimum atomic E-state index is 0.0554. The summed E-state index contributed by atoms with van der Waals surface area (Å²) >= 11 is 13.1. The van der Waals surface area contributed by atoms with E-state index in [1.54, 1.807) is 0 Å². The molecule has 8 aromatic rings. The molecule has 268 valence electrons. The first-order valence-electron chi connectivity index (χ1n) is 18.4. The molecular formula is C51H46Cl2Zr. The van der Waals surface area contributed by atoms with Gasteiger partial charge in [-0.05, 0) is 44.2 Å². The van der Waals surface area contributed by atoms with Crippen LogP contribution < -0.4 is 0 Å². The van der Waals surface area contributed by atoms with Crippen LogP contribution in [0.15, 0.2) is 170 Å². The van der Waals surface area contributed by atoms with Gasteiger partial charge in [-0.15, -0.1) is 39.7 Å². The van der Waals surface area contributed by atoms with Gasteiger partial charge < -0.3 is 0 Å². The van der Waals surface area contributed by atoms with Gasteiger partial charge >= 0.3 is 120 Å². The van der Waals surface area contributed by atoms with Crippen molar-refractivity contribution in [3.63, 3.8) is 0 Å². The summed E-state index contributed by atoms with van der Waals surface area (Å²) in [5.41, 5.74) is 10.6. The number of halogens is 2. The molecule has 3 heteroatoms. The SMILES string of the molecule is CC(C)(C)c1cc2c(cc1-c1ccccc1)[cH-]c1cc(-c3ccccc3)c(C(C)(C)C)cc12.Clc1ccc([C](=[Zr+2])c2ccc(Cl)cc2)cc1.c1cc[cH-]c1. The molecule has 0 radical (unpaired) electrons. The van der Waals surface area contributed by atoms with Crippen molar-refractivity contribution in [2.75, 3.05) is 0 Å². The van der Waals surface area contributed by atoms with Gasteiger partial charge in [0.15, 0.2) is 0 Å². The fraction of sp³-hybridized carbons (Fsp3) is 0.157. The van der Waals surface area contributed by atoms with Crippen LogP contribution in [-0.2, 0) is 35.1 Å². The molecule has 0 heterocycles. The molecular weight excluding hydrogens is 775 g/mol. The Morgan fingerprint density at radius 1 is 0.481 bits per heavy atom. The molecule has 0 saturated carbocycles. The maximum absolute atomic E-state index is 5.86. The number of rotatable bonds is 4. The average Bonchev–Trinajstić information content (AvgIpc) is 3.86. The molecule has 0 amide bonds. The molecule has 0 spiro atoms. The van der Waals surface area contributed by atoms with E-state index in [2.05, 4.69) is 133 Å². The van der Waals surface area contributed by atoms with Gasteiger partial charge in [0.2, 0.25) is 0 Å². The van der Waals surface area contributed by atoms with E-state index in [-0.39, 0.29) is 10.8 Å². The predicted octanol–water partition coefficient (Wildman–Crippen LogP) is 15.2. The minimum absolute atomic E-state index is 0.0554. The van der Waals surface area contributed by atoms with Gasteiger partial charge in [-0.2, -0.15) is 18.2 Å². The van der Waals surface area contributed by atoms with Crippen LogP contribution in [0.4, 0.5) is 0 Å². The van der Waals surface area contributed by atoms with E-state index in [0.29, 0.717) is 0 Å². The van der Waals surface area contributed by atoms with E-state index in [4.69, 9.17) is 23.2 Å². The fourth-order valence-electron chi connectivity index (χ4n) is 6.78. The molecule has 54 heavy (non-hydrogen) atoms. The van der Waals surface area contributed by atoms with Crippen molar-refractivity contribution in [2.24, 2.45) is 0 Å². The smallest absolute Gasteiger partial charge is 0.172 e. The second-order valence-electron chi connectivity index (χ2n) is 15.7. The van der Waals surface area contributed by atoms with Crippen LogP contribution in [0.5, 0.6) is 0 Å². The zero-order chi connectivity index (χ0) is 38.5. The van der Waals surface area contributed by atoms with Crippen LogP contribution in [-0.4, -0.2) is 3.21 Å². The molecule has 0 fully saturated rings. The summed E-state index contributed by atoms with van der Waals surface area (Å²) in [6.45, 7) is 13.9. The summed E-state index contributed by atoms with van der Waals surface area (Å²) in [5.74, 6) is 0. The molecule has 0 atom stereocenters. The summed E-state index contributed by atoms with van der Waals surface area (Å²) in [5, 5.41) is 6.90. The van der Waals surface area contributed by atoms with Gasteiger partial charge in [-0.3, -0.25) is 0 Å². The Morgan fingerprint density at radius 2 is 0.852 bits per heavy atom.